The summed E-state index contributed by atoms with van der Waals surface area (Å²) in [4.78, 5) is 4.52. The smallest absolute Gasteiger partial charge is 0.252 e. The van der Waals surface area contributed by atoms with E-state index in [4.69, 9.17) is 10.3 Å². The lowest BCUT2D eigenvalue weighted by Gasteiger charge is -2.34. The second kappa shape index (κ2) is 7.08. The van der Waals surface area contributed by atoms with Crippen LogP contribution >= 0.6 is 12.4 Å². The SMILES string of the molecule is Cc1nnnn1C(Cc1ccc(F)cc1)c1nc(C2(N)CCC2)no1.Cl. The second-order valence-electron chi connectivity index (χ2n) is 6.48. The first-order valence-electron chi connectivity index (χ1n) is 8.17. The zero-order valence-electron chi connectivity index (χ0n) is 14.2. The number of nitrogens with two attached hydrogens (primary N) is 1. The predicted molar refractivity (Wildman–Crippen MR) is 92.1 cm³/mol. The monoisotopic (exact) mass is 379 g/mol. The van der Waals surface area contributed by atoms with Crippen LogP contribution in [-0.2, 0) is 12.0 Å². The molecule has 3 aromatic rings. The summed E-state index contributed by atoms with van der Waals surface area (Å²) in [5.74, 6) is 1.25. The Morgan fingerprint density at radius 3 is 2.62 bits per heavy atom. The highest BCUT2D eigenvalue weighted by atomic mass is 35.5. The van der Waals surface area contributed by atoms with Crippen molar-refractivity contribution in [1.82, 2.24) is 30.3 Å². The molecule has 1 unspecified atom stereocenters. The van der Waals surface area contributed by atoms with Crippen LogP contribution in [0.15, 0.2) is 28.8 Å². The Balaban J connectivity index is 0.00000196. The molecule has 0 amide bonds. The zero-order valence-corrected chi connectivity index (χ0v) is 15.0. The molecule has 0 spiro atoms. The summed E-state index contributed by atoms with van der Waals surface area (Å²) in [6.07, 6.45) is 3.24. The van der Waals surface area contributed by atoms with Crippen molar-refractivity contribution in [3.63, 3.8) is 0 Å². The molecule has 8 nitrogen and oxygen atoms in total. The number of nitrogens with zero attached hydrogens (tertiary/aromatic N) is 6. The summed E-state index contributed by atoms with van der Waals surface area (Å²) in [6.45, 7) is 1.80. The van der Waals surface area contributed by atoms with Crippen LogP contribution in [0.25, 0.3) is 0 Å². The van der Waals surface area contributed by atoms with Gasteiger partial charge in [0.05, 0.1) is 5.54 Å². The van der Waals surface area contributed by atoms with Crippen molar-refractivity contribution in [2.75, 3.05) is 0 Å². The van der Waals surface area contributed by atoms with Crippen molar-refractivity contribution >= 4 is 12.4 Å². The van der Waals surface area contributed by atoms with Crippen LogP contribution in [0.4, 0.5) is 4.39 Å². The number of benzene rings is 1. The molecule has 26 heavy (non-hydrogen) atoms. The molecule has 0 radical (unpaired) electrons. The average molecular weight is 380 g/mol. The highest BCUT2D eigenvalue weighted by Crippen LogP contribution is 2.37. The van der Waals surface area contributed by atoms with Crippen molar-refractivity contribution in [2.24, 2.45) is 5.73 Å². The first kappa shape index (κ1) is 18.4. The highest BCUT2D eigenvalue weighted by molar-refractivity contribution is 5.85. The zero-order chi connectivity index (χ0) is 17.4. The number of halogens is 2. The number of rotatable bonds is 5. The molecule has 0 aliphatic heterocycles. The van der Waals surface area contributed by atoms with Gasteiger partial charge in [0.2, 0.25) is 0 Å². The van der Waals surface area contributed by atoms with Crippen LogP contribution in [0.3, 0.4) is 0 Å². The summed E-state index contributed by atoms with van der Waals surface area (Å²) < 4.78 is 20.3. The number of aryl methyl sites for hydroxylation is 1. The summed E-state index contributed by atoms with van der Waals surface area (Å²) in [7, 11) is 0. The Bertz CT molecular complexity index is 875. The van der Waals surface area contributed by atoms with Crippen molar-refractivity contribution in [3.8, 4) is 0 Å². The highest BCUT2D eigenvalue weighted by Gasteiger charge is 2.40. The Morgan fingerprint density at radius 1 is 1.31 bits per heavy atom. The summed E-state index contributed by atoms with van der Waals surface area (Å²) in [6, 6.07) is 5.89. The molecule has 1 fully saturated rings. The molecule has 1 aliphatic rings. The van der Waals surface area contributed by atoms with Gasteiger partial charge in [0.1, 0.15) is 17.7 Å². The molecule has 1 saturated carbocycles. The number of tetrazole rings is 1. The Labute approximate surface area is 155 Å². The van der Waals surface area contributed by atoms with Crippen LogP contribution in [-0.4, -0.2) is 30.3 Å². The molecule has 2 heterocycles. The third kappa shape index (κ3) is 3.32. The molecule has 1 atom stereocenters. The van der Waals surface area contributed by atoms with E-state index in [0.717, 1.165) is 24.8 Å². The van der Waals surface area contributed by atoms with Crippen molar-refractivity contribution in [1.29, 1.82) is 0 Å². The Hall–Kier alpha value is -2.39. The van der Waals surface area contributed by atoms with Gasteiger partial charge < -0.3 is 10.3 Å². The van der Waals surface area contributed by atoms with E-state index in [9.17, 15) is 4.39 Å². The first-order chi connectivity index (χ1) is 12.0. The summed E-state index contributed by atoms with van der Waals surface area (Å²) in [5, 5.41) is 15.7. The van der Waals surface area contributed by atoms with Gasteiger partial charge in [0.25, 0.3) is 5.89 Å². The van der Waals surface area contributed by atoms with E-state index in [1.165, 1.54) is 12.1 Å². The van der Waals surface area contributed by atoms with E-state index in [-0.39, 0.29) is 24.3 Å². The molecular weight excluding hydrogens is 361 g/mol. The van der Waals surface area contributed by atoms with Crippen molar-refractivity contribution in [3.05, 3.63) is 53.2 Å². The fourth-order valence-corrected chi connectivity index (χ4v) is 3.00. The maximum Gasteiger partial charge on any atom is 0.252 e. The number of aromatic nitrogens is 6. The molecule has 2 N–H and O–H groups in total. The molecule has 0 saturated heterocycles. The standard InChI is InChI=1S/C16H18FN7O.ClH/c1-10-20-22-23-24(10)13(9-11-3-5-12(17)6-4-11)14-19-15(21-25-14)16(18)7-2-8-16;/h3-6,13H,2,7-9,18H2,1H3;1H. The maximum absolute atomic E-state index is 13.2. The van der Waals surface area contributed by atoms with E-state index in [0.29, 0.717) is 24.0 Å². The van der Waals surface area contributed by atoms with Gasteiger partial charge in [-0.2, -0.15) is 4.98 Å². The molecule has 1 aliphatic carbocycles. The summed E-state index contributed by atoms with van der Waals surface area (Å²) in [5.41, 5.74) is 6.69. The normalized spacial score (nSPS) is 16.6. The van der Waals surface area contributed by atoms with Gasteiger partial charge in [-0.25, -0.2) is 9.07 Å². The Morgan fingerprint density at radius 2 is 2.04 bits per heavy atom. The van der Waals surface area contributed by atoms with E-state index >= 15 is 0 Å². The van der Waals surface area contributed by atoms with Gasteiger partial charge in [0.15, 0.2) is 5.82 Å². The average Bonchev–Trinajstić information content (AvgIpc) is 3.22. The molecule has 4 rings (SSSR count). The van der Waals surface area contributed by atoms with E-state index in [2.05, 4.69) is 25.7 Å². The van der Waals surface area contributed by atoms with Crippen LogP contribution in [0.5, 0.6) is 0 Å². The largest absolute Gasteiger partial charge is 0.337 e. The van der Waals surface area contributed by atoms with E-state index in [1.807, 2.05) is 0 Å². The fraction of sp³-hybridized carbons (Fsp3) is 0.438. The van der Waals surface area contributed by atoms with Crippen LogP contribution in [0.2, 0.25) is 0 Å². The van der Waals surface area contributed by atoms with Crippen LogP contribution < -0.4 is 5.73 Å². The lowest BCUT2D eigenvalue weighted by molar-refractivity contribution is 0.228. The van der Waals surface area contributed by atoms with Gasteiger partial charge in [-0.15, -0.1) is 17.5 Å². The fourth-order valence-electron chi connectivity index (χ4n) is 3.00. The predicted octanol–water partition coefficient (Wildman–Crippen LogP) is 2.10. The molecule has 2 aromatic heterocycles. The quantitative estimate of drug-likeness (QED) is 0.722. The summed E-state index contributed by atoms with van der Waals surface area (Å²) >= 11 is 0. The van der Waals surface area contributed by atoms with Gasteiger partial charge in [-0.05, 0) is 54.3 Å². The van der Waals surface area contributed by atoms with Gasteiger partial charge in [0, 0.05) is 6.42 Å². The van der Waals surface area contributed by atoms with Gasteiger partial charge >= 0.3 is 0 Å². The molecule has 1 aromatic carbocycles. The van der Waals surface area contributed by atoms with E-state index < -0.39 is 5.54 Å². The molecule has 10 heteroatoms. The van der Waals surface area contributed by atoms with E-state index in [1.54, 1.807) is 23.7 Å². The third-order valence-corrected chi connectivity index (χ3v) is 4.71. The third-order valence-electron chi connectivity index (χ3n) is 4.71. The number of hydrogen-bond acceptors (Lipinski definition) is 7. The first-order valence-corrected chi connectivity index (χ1v) is 8.17. The minimum atomic E-state index is -0.502. The lowest BCUT2D eigenvalue weighted by atomic mass is 9.77. The minimum Gasteiger partial charge on any atom is -0.337 e. The minimum absolute atomic E-state index is 0. The van der Waals surface area contributed by atoms with Crippen molar-refractivity contribution in [2.45, 2.75) is 44.2 Å². The van der Waals surface area contributed by atoms with Crippen molar-refractivity contribution < 1.29 is 8.91 Å². The van der Waals surface area contributed by atoms with Crippen LogP contribution in [0.1, 0.15) is 48.4 Å². The van der Waals surface area contributed by atoms with Gasteiger partial charge in [-0.3, -0.25) is 0 Å². The second-order valence-corrected chi connectivity index (χ2v) is 6.48. The molecule has 0 bridgehead atoms. The molecule has 138 valence electrons. The lowest BCUT2D eigenvalue weighted by Crippen LogP contribution is -2.44. The number of hydrogen-bond donors (Lipinski definition) is 1. The molecular formula is C16H19ClFN7O. The maximum atomic E-state index is 13.2. The Kier molecular flexibility index (Phi) is 5.01. The van der Waals surface area contributed by atoms with Crippen LogP contribution in [0, 0.1) is 12.7 Å². The topological polar surface area (TPSA) is 109 Å². The van der Waals surface area contributed by atoms with Gasteiger partial charge in [-0.1, -0.05) is 17.3 Å².